The van der Waals surface area contributed by atoms with E-state index >= 15 is 0 Å². The highest BCUT2D eigenvalue weighted by molar-refractivity contribution is 7.80. The Morgan fingerprint density at radius 1 is 1.10 bits per heavy atom. The summed E-state index contributed by atoms with van der Waals surface area (Å²) in [6.45, 7) is 0. The van der Waals surface area contributed by atoms with Gasteiger partial charge in [-0.05, 0) is 29.9 Å². The molecule has 1 unspecified atom stereocenters. The van der Waals surface area contributed by atoms with Crippen molar-refractivity contribution in [1.82, 2.24) is 20.3 Å². The predicted molar refractivity (Wildman–Crippen MR) is 82.0 cm³/mol. The zero-order chi connectivity index (χ0) is 13.9. The fraction of sp³-hybridized carbons (Fsp3) is 0.0714. The molecule has 5 nitrogen and oxygen atoms in total. The number of hydrogen-bond donors (Lipinski definition) is 2. The van der Waals surface area contributed by atoms with Crippen molar-refractivity contribution in [3.8, 4) is 0 Å². The normalized spacial score (nSPS) is 12.2. The van der Waals surface area contributed by atoms with Crippen molar-refractivity contribution in [2.45, 2.75) is 6.17 Å². The standard InChI is InChI=1S/C14H13N5S/c15-14(20)16-13(10-6-2-1-3-7-10)19-12-9-5-4-8-11(12)17-18-19/h1-9,13H,(H3,15,16,20). The first-order chi connectivity index (χ1) is 9.75. The molecule has 6 heteroatoms. The molecule has 0 bridgehead atoms. The number of hydrogen-bond acceptors (Lipinski definition) is 3. The maximum absolute atomic E-state index is 5.64. The molecule has 0 aliphatic heterocycles. The highest BCUT2D eigenvalue weighted by atomic mass is 32.1. The van der Waals surface area contributed by atoms with E-state index in [0.29, 0.717) is 0 Å². The summed E-state index contributed by atoms with van der Waals surface area (Å²) >= 11 is 4.97. The molecule has 1 heterocycles. The minimum Gasteiger partial charge on any atom is -0.376 e. The smallest absolute Gasteiger partial charge is 0.165 e. The Kier molecular flexibility index (Phi) is 3.30. The Balaban J connectivity index is 2.12. The molecule has 0 amide bonds. The van der Waals surface area contributed by atoms with Gasteiger partial charge in [0.25, 0.3) is 0 Å². The van der Waals surface area contributed by atoms with Gasteiger partial charge in [0.15, 0.2) is 11.3 Å². The first-order valence-corrected chi connectivity index (χ1v) is 6.57. The number of rotatable bonds is 3. The molecule has 0 fully saturated rings. The number of nitrogens with one attached hydrogen (secondary N) is 1. The molecule has 1 atom stereocenters. The summed E-state index contributed by atoms with van der Waals surface area (Å²) in [5.41, 5.74) is 8.40. The second-order valence-electron chi connectivity index (χ2n) is 4.34. The Labute approximate surface area is 121 Å². The van der Waals surface area contributed by atoms with Gasteiger partial charge in [-0.2, -0.15) is 0 Å². The number of para-hydroxylation sites is 1. The van der Waals surface area contributed by atoms with Crippen molar-refractivity contribution in [2.24, 2.45) is 5.73 Å². The van der Waals surface area contributed by atoms with E-state index in [1.54, 1.807) is 4.68 Å². The van der Waals surface area contributed by atoms with Crippen LogP contribution >= 0.6 is 12.2 Å². The van der Waals surface area contributed by atoms with Crippen LogP contribution in [0.5, 0.6) is 0 Å². The van der Waals surface area contributed by atoms with E-state index in [9.17, 15) is 0 Å². The summed E-state index contributed by atoms with van der Waals surface area (Å²) in [7, 11) is 0. The highest BCUT2D eigenvalue weighted by Gasteiger charge is 2.17. The van der Waals surface area contributed by atoms with Crippen LogP contribution in [-0.4, -0.2) is 20.1 Å². The number of nitrogens with zero attached hydrogens (tertiary/aromatic N) is 3. The molecule has 0 aliphatic carbocycles. The van der Waals surface area contributed by atoms with Gasteiger partial charge >= 0.3 is 0 Å². The zero-order valence-electron chi connectivity index (χ0n) is 10.6. The first kappa shape index (κ1) is 12.6. The van der Waals surface area contributed by atoms with Gasteiger partial charge in [-0.15, -0.1) is 5.10 Å². The quantitative estimate of drug-likeness (QED) is 0.718. The first-order valence-electron chi connectivity index (χ1n) is 6.16. The molecule has 20 heavy (non-hydrogen) atoms. The molecule has 3 aromatic rings. The Morgan fingerprint density at radius 3 is 2.55 bits per heavy atom. The lowest BCUT2D eigenvalue weighted by molar-refractivity contribution is 0.495. The number of aromatic nitrogens is 3. The molecule has 3 rings (SSSR count). The van der Waals surface area contributed by atoms with Crippen LogP contribution in [0, 0.1) is 0 Å². The third kappa shape index (κ3) is 2.33. The Hall–Kier alpha value is -2.47. The van der Waals surface area contributed by atoms with Crippen LogP contribution in [0.2, 0.25) is 0 Å². The van der Waals surface area contributed by atoms with E-state index in [1.807, 2.05) is 54.6 Å². The topological polar surface area (TPSA) is 68.8 Å². The van der Waals surface area contributed by atoms with Crippen LogP contribution in [0.1, 0.15) is 11.7 Å². The van der Waals surface area contributed by atoms with E-state index < -0.39 is 0 Å². The molecule has 0 spiro atoms. The summed E-state index contributed by atoms with van der Waals surface area (Å²) < 4.78 is 1.78. The summed E-state index contributed by atoms with van der Waals surface area (Å²) in [5, 5.41) is 11.7. The van der Waals surface area contributed by atoms with E-state index in [-0.39, 0.29) is 11.3 Å². The van der Waals surface area contributed by atoms with Gasteiger partial charge in [0.2, 0.25) is 0 Å². The third-order valence-corrected chi connectivity index (χ3v) is 3.13. The van der Waals surface area contributed by atoms with Crippen LogP contribution in [0.25, 0.3) is 11.0 Å². The van der Waals surface area contributed by atoms with Crippen molar-refractivity contribution in [2.75, 3.05) is 0 Å². The minimum absolute atomic E-state index is 0.221. The SMILES string of the molecule is NC(=S)NC(c1ccccc1)n1nnc2ccccc21. The largest absolute Gasteiger partial charge is 0.376 e. The highest BCUT2D eigenvalue weighted by Crippen LogP contribution is 2.19. The molecule has 0 saturated heterocycles. The van der Waals surface area contributed by atoms with Crippen LogP contribution in [0.4, 0.5) is 0 Å². The van der Waals surface area contributed by atoms with Crippen LogP contribution in [-0.2, 0) is 0 Å². The molecule has 0 aliphatic rings. The number of nitrogens with two attached hydrogens (primary N) is 1. The van der Waals surface area contributed by atoms with Crippen LogP contribution < -0.4 is 11.1 Å². The molecule has 100 valence electrons. The Bertz CT molecular complexity index is 737. The van der Waals surface area contributed by atoms with E-state index in [0.717, 1.165) is 16.6 Å². The number of thiocarbonyl (C=S) groups is 1. The van der Waals surface area contributed by atoms with Crippen molar-refractivity contribution >= 4 is 28.4 Å². The van der Waals surface area contributed by atoms with Crippen molar-refractivity contribution in [1.29, 1.82) is 0 Å². The maximum Gasteiger partial charge on any atom is 0.165 e. The molecular weight excluding hydrogens is 270 g/mol. The lowest BCUT2D eigenvalue weighted by atomic mass is 10.1. The average Bonchev–Trinajstić information content (AvgIpc) is 2.89. The summed E-state index contributed by atoms with van der Waals surface area (Å²) in [5.74, 6) is 0. The van der Waals surface area contributed by atoms with Crippen LogP contribution in [0.3, 0.4) is 0 Å². The molecule has 1 aromatic heterocycles. The zero-order valence-corrected chi connectivity index (χ0v) is 11.4. The number of benzene rings is 2. The maximum atomic E-state index is 5.64. The summed E-state index contributed by atoms with van der Waals surface area (Å²) in [6.07, 6.45) is -0.277. The molecule has 3 N–H and O–H groups in total. The minimum atomic E-state index is -0.277. The molecule has 0 saturated carbocycles. The average molecular weight is 283 g/mol. The molecule has 2 aromatic carbocycles. The van der Waals surface area contributed by atoms with Gasteiger partial charge in [0.05, 0.1) is 5.52 Å². The van der Waals surface area contributed by atoms with Crippen molar-refractivity contribution < 1.29 is 0 Å². The van der Waals surface area contributed by atoms with E-state index in [2.05, 4.69) is 15.6 Å². The fourth-order valence-electron chi connectivity index (χ4n) is 2.13. The lowest BCUT2D eigenvalue weighted by Crippen LogP contribution is -2.37. The summed E-state index contributed by atoms with van der Waals surface area (Å²) in [6, 6.07) is 17.6. The Morgan fingerprint density at radius 2 is 1.80 bits per heavy atom. The van der Waals surface area contributed by atoms with E-state index in [4.69, 9.17) is 18.0 Å². The second kappa shape index (κ2) is 5.26. The van der Waals surface area contributed by atoms with E-state index in [1.165, 1.54) is 0 Å². The van der Waals surface area contributed by atoms with Gasteiger partial charge in [-0.1, -0.05) is 47.7 Å². The predicted octanol–water partition coefficient (Wildman–Crippen LogP) is 1.81. The fourth-order valence-corrected chi connectivity index (χ4v) is 2.25. The third-order valence-electron chi connectivity index (χ3n) is 3.02. The monoisotopic (exact) mass is 283 g/mol. The molecular formula is C14H13N5S. The second-order valence-corrected chi connectivity index (χ2v) is 4.78. The van der Waals surface area contributed by atoms with Gasteiger partial charge < -0.3 is 11.1 Å². The van der Waals surface area contributed by atoms with Gasteiger partial charge in [0.1, 0.15) is 5.52 Å². The van der Waals surface area contributed by atoms with Gasteiger partial charge in [-0.25, -0.2) is 4.68 Å². The van der Waals surface area contributed by atoms with Gasteiger partial charge in [0, 0.05) is 0 Å². The van der Waals surface area contributed by atoms with Gasteiger partial charge in [-0.3, -0.25) is 0 Å². The molecule has 0 radical (unpaired) electrons. The van der Waals surface area contributed by atoms with Crippen molar-refractivity contribution in [3.63, 3.8) is 0 Å². The number of fused-ring (bicyclic) bond motifs is 1. The van der Waals surface area contributed by atoms with Crippen LogP contribution in [0.15, 0.2) is 54.6 Å². The summed E-state index contributed by atoms with van der Waals surface area (Å²) in [4.78, 5) is 0. The lowest BCUT2D eigenvalue weighted by Gasteiger charge is -2.19. The van der Waals surface area contributed by atoms with Crippen molar-refractivity contribution in [3.05, 3.63) is 60.2 Å².